The summed E-state index contributed by atoms with van der Waals surface area (Å²) >= 11 is 1.47. The summed E-state index contributed by atoms with van der Waals surface area (Å²) in [5.74, 6) is 0.210. The van der Waals surface area contributed by atoms with Gasteiger partial charge >= 0.3 is 0 Å². The van der Waals surface area contributed by atoms with E-state index in [1.54, 1.807) is 24.3 Å². The third kappa shape index (κ3) is 3.87. The zero-order valence-corrected chi connectivity index (χ0v) is 11.9. The molecule has 0 aromatic heterocycles. The van der Waals surface area contributed by atoms with Gasteiger partial charge in [-0.15, -0.1) is 11.8 Å². The van der Waals surface area contributed by atoms with Crippen LogP contribution in [0.2, 0.25) is 0 Å². The monoisotopic (exact) mass is 282 g/mol. The van der Waals surface area contributed by atoms with Crippen LogP contribution in [0.5, 0.6) is 0 Å². The molecule has 1 N–H and O–H groups in total. The fraction of sp³-hybridized carbons (Fsp3) is 0.125. The van der Waals surface area contributed by atoms with Gasteiger partial charge in [-0.05, 0) is 31.2 Å². The average Bonchev–Trinajstić information content (AvgIpc) is 2.47. The van der Waals surface area contributed by atoms with Crippen LogP contribution in [0.25, 0.3) is 0 Å². The van der Waals surface area contributed by atoms with Crippen LogP contribution in [0.3, 0.4) is 0 Å². The minimum absolute atomic E-state index is 0.113. The minimum Gasteiger partial charge on any atom is -0.324 e. The number of carbonyl (C=O) groups excluding carboxylic acids is 1. The average molecular weight is 282 g/mol. The van der Waals surface area contributed by atoms with Gasteiger partial charge in [-0.25, -0.2) is 0 Å². The Labute approximate surface area is 122 Å². The number of hydrogen-bond donors (Lipinski definition) is 1. The van der Waals surface area contributed by atoms with E-state index < -0.39 is 0 Å². The molecule has 2 rings (SSSR count). The highest BCUT2D eigenvalue weighted by atomic mass is 32.2. The standard InChI is InChI=1S/C16H14N2OS/c1-12-6-8-14(9-7-12)20-11-16(19)18-15-5-3-2-4-13(15)10-17/h2-9H,11H2,1H3,(H,18,19). The largest absolute Gasteiger partial charge is 0.324 e. The number of benzene rings is 2. The molecule has 2 aromatic carbocycles. The third-order valence-electron chi connectivity index (χ3n) is 2.71. The van der Waals surface area contributed by atoms with Gasteiger partial charge in [0.2, 0.25) is 5.91 Å². The van der Waals surface area contributed by atoms with Crippen LogP contribution in [0, 0.1) is 18.3 Å². The Hall–Kier alpha value is -2.25. The quantitative estimate of drug-likeness (QED) is 0.872. The maximum absolute atomic E-state index is 11.9. The number of nitrogens with one attached hydrogen (secondary N) is 1. The summed E-state index contributed by atoms with van der Waals surface area (Å²) in [5, 5.41) is 11.7. The molecule has 100 valence electrons. The van der Waals surface area contributed by atoms with E-state index in [4.69, 9.17) is 5.26 Å². The zero-order chi connectivity index (χ0) is 14.4. The van der Waals surface area contributed by atoms with Crippen LogP contribution in [0.15, 0.2) is 53.4 Å². The van der Waals surface area contributed by atoms with Gasteiger partial charge in [0.1, 0.15) is 6.07 Å². The number of hydrogen-bond acceptors (Lipinski definition) is 3. The van der Waals surface area contributed by atoms with Crippen molar-refractivity contribution >= 4 is 23.4 Å². The second kappa shape index (κ2) is 6.78. The molecule has 0 spiro atoms. The minimum atomic E-state index is -0.113. The summed E-state index contributed by atoms with van der Waals surface area (Å²) < 4.78 is 0. The lowest BCUT2D eigenvalue weighted by atomic mass is 10.2. The molecule has 2 aromatic rings. The molecule has 1 amide bonds. The number of thioether (sulfide) groups is 1. The summed E-state index contributed by atoms with van der Waals surface area (Å²) in [6, 6.07) is 17.1. The van der Waals surface area contributed by atoms with Crippen LogP contribution in [-0.4, -0.2) is 11.7 Å². The van der Waals surface area contributed by atoms with Gasteiger partial charge in [0.25, 0.3) is 0 Å². The van der Waals surface area contributed by atoms with Crippen molar-refractivity contribution in [1.82, 2.24) is 0 Å². The lowest BCUT2D eigenvalue weighted by Gasteiger charge is -2.06. The van der Waals surface area contributed by atoms with Crippen molar-refractivity contribution in [3.05, 3.63) is 59.7 Å². The first kappa shape index (κ1) is 14.2. The SMILES string of the molecule is Cc1ccc(SCC(=O)Nc2ccccc2C#N)cc1. The molecule has 3 nitrogen and oxygen atoms in total. The Morgan fingerprint density at radius 3 is 2.60 bits per heavy atom. The number of nitriles is 1. The lowest BCUT2D eigenvalue weighted by Crippen LogP contribution is -2.14. The molecule has 0 aliphatic rings. The molecular formula is C16H14N2OS. The second-order valence-electron chi connectivity index (χ2n) is 4.31. The molecule has 0 saturated heterocycles. The summed E-state index contributed by atoms with van der Waals surface area (Å²) in [4.78, 5) is 12.9. The molecule has 0 radical (unpaired) electrons. The fourth-order valence-electron chi connectivity index (χ4n) is 1.66. The van der Waals surface area contributed by atoms with E-state index in [-0.39, 0.29) is 5.91 Å². The second-order valence-corrected chi connectivity index (χ2v) is 5.36. The predicted molar refractivity (Wildman–Crippen MR) is 81.7 cm³/mol. The van der Waals surface area contributed by atoms with Crippen LogP contribution < -0.4 is 5.32 Å². The van der Waals surface area contributed by atoms with Gasteiger partial charge in [0, 0.05) is 4.90 Å². The highest BCUT2D eigenvalue weighted by Gasteiger charge is 2.06. The van der Waals surface area contributed by atoms with Crippen molar-refractivity contribution in [2.45, 2.75) is 11.8 Å². The van der Waals surface area contributed by atoms with Gasteiger partial charge in [-0.1, -0.05) is 29.8 Å². The smallest absolute Gasteiger partial charge is 0.234 e. The van der Waals surface area contributed by atoms with E-state index in [1.807, 2.05) is 31.2 Å². The molecule has 0 saturated carbocycles. The van der Waals surface area contributed by atoms with Gasteiger partial charge in [0.05, 0.1) is 17.0 Å². The highest BCUT2D eigenvalue weighted by Crippen LogP contribution is 2.19. The number of anilines is 1. The number of aryl methyl sites for hydroxylation is 1. The lowest BCUT2D eigenvalue weighted by molar-refractivity contribution is -0.113. The molecule has 0 bridgehead atoms. The Balaban J connectivity index is 1.93. The van der Waals surface area contributed by atoms with Crippen molar-refractivity contribution in [2.24, 2.45) is 0 Å². The van der Waals surface area contributed by atoms with Crippen LogP contribution in [-0.2, 0) is 4.79 Å². The van der Waals surface area contributed by atoms with Gasteiger partial charge in [-0.2, -0.15) is 5.26 Å². The number of amides is 1. The number of carbonyl (C=O) groups is 1. The predicted octanol–water partition coefficient (Wildman–Crippen LogP) is 3.60. The number of para-hydroxylation sites is 1. The summed E-state index contributed by atoms with van der Waals surface area (Å²) in [6.45, 7) is 2.03. The maximum Gasteiger partial charge on any atom is 0.234 e. The van der Waals surface area contributed by atoms with Gasteiger partial charge in [0.15, 0.2) is 0 Å². The third-order valence-corrected chi connectivity index (χ3v) is 3.72. The van der Waals surface area contributed by atoms with Gasteiger partial charge in [-0.3, -0.25) is 4.79 Å². The summed E-state index contributed by atoms with van der Waals surface area (Å²) in [6.07, 6.45) is 0. The summed E-state index contributed by atoms with van der Waals surface area (Å²) in [5.41, 5.74) is 2.23. The molecule has 0 unspecified atom stereocenters. The van der Waals surface area contributed by atoms with Crippen molar-refractivity contribution in [3.63, 3.8) is 0 Å². The zero-order valence-electron chi connectivity index (χ0n) is 11.1. The first-order valence-electron chi connectivity index (χ1n) is 6.17. The fourth-order valence-corrected chi connectivity index (χ4v) is 2.36. The molecule has 4 heteroatoms. The Morgan fingerprint density at radius 2 is 1.90 bits per heavy atom. The van der Waals surface area contributed by atoms with Crippen LogP contribution in [0.4, 0.5) is 5.69 Å². The van der Waals surface area contributed by atoms with E-state index in [2.05, 4.69) is 11.4 Å². The molecule has 0 aliphatic heterocycles. The highest BCUT2D eigenvalue weighted by molar-refractivity contribution is 8.00. The maximum atomic E-state index is 11.9. The molecule has 0 atom stereocenters. The van der Waals surface area contributed by atoms with Crippen molar-refractivity contribution in [3.8, 4) is 6.07 Å². The van der Waals surface area contributed by atoms with E-state index in [9.17, 15) is 4.79 Å². The van der Waals surface area contributed by atoms with Crippen molar-refractivity contribution in [1.29, 1.82) is 5.26 Å². The Morgan fingerprint density at radius 1 is 1.20 bits per heavy atom. The number of rotatable bonds is 4. The summed E-state index contributed by atoms with van der Waals surface area (Å²) in [7, 11) is 0. The van der Waals surface area contributed by atoms with Crippen molar-refractivity contribution in [2.75, 3.05) is 11.1 Å². The Kier molecular flexibility index (Phi) is 4.80. The van der Waals surface area contributed by atoms with E-state index in [1.165, 1.54) is 17.3 Å². The topological polar surface area (TPSA) is 52.9 Å². The van der Waals surface area contributed by atoms with E-state index in [0.717, 1.165) is 4.90 Å². The van der Waals surface area contributed by atoms with Crippen LogP contribution in [0.1, 0.15) is 11.1 Å². The normalized spacial score (nSPS) is 9.80. The van der Waals surface area contributed by atoms with Gasteiger partial charge < -0.3 is 5.32 Å². The first-order chi connectivity index (χ1) is 9.69. The molecule has 0 fully saturated rings. The van der Waals surface area contributed by atoms with Crippen molar-refractivity contribution < 1.29 is 4.79 Å². The van der Waals surface area contributed by atoms with Crippen LogP contribution >= 0.6 is 11.8 Å². The van der Waals surface area contributed by atoms with E-state index >= 15 is 0 Å². The number of nitrogens with zero attached hydrogens (tertiary/aromatic N) is 1. The molecular weight excluding hydrogens is 268 g/mol. The molecule has 0 heterocycles. The molecule has 20 heavy (non-hydrogen) atoms. The van der Waals surface area contributed by atoms with E-state index in [0.29, 0.717) is 17.0 Å². The first-order valence-corrected chi connectivity index (χ1v) is 7.16. The Bertz CT molecular complexity index is 644. The molecule has 0 aliphatic carbocycles.